The monoisotopic (exact) mass is 517 g/mol. The maximum atomic E-state index is 12.9. The fourth-order valence-electron chi connectivity index (χ4n) is 3.97. The summed E-state index contributed by atoms with van der Waals surface area (Å²) in [6, 6.07) is 5.45. The predicted octanol–water partition coefficient (Wildman–Crippen LogP) is 0.275. The summed E-state index contributed by atoms with van der Waals surface area (Å²) in [4.78, 5) is 26.3. The topological polar surface area (TPSA) is 131 Å². The molecule has 2 aliphatic heterocycles. The molecule has 0 spiro atoms. The summed E-state index contributed by atoms with van der Waals surface area (Å²) >= 11 is 0. The molecule has 13 heteroatoms. The van der Waals surface area contributed by atoms with Gasteiger partial charge in [-0.15, -0.1) is 0 Å². The van der Waals surface area contributed by atoms with Crippen molar-refractivity contribution in [2.24, 2.45) is 5.92 Å². The summed E-state index contributed by atoms with van der Waals surface area (Å²) in [6.45, 7) is 3.42. The van der Waals surface area contributed by atoms with E-state index < -0.39 is 32.5 Å². The smallest absolute Gasteiger partial charge is 0.309 e. The number of morpholine rings is 1. The van der Waals surface area contributed by atoms with E-state index in [0.29, 0.717) is 45.8 Å². The Morgan fingerprint density at radius 1 is 1.03 bits per heavy atom. The molecule has 0 unspecified atom stereocenters. The van der Waals surface area contributed by atoms with Gasteiger partial charge in [-0.3, -0.25) is 13.9 Å². The molecular formula is C21H31N3O8S2. The van der Waals surface area contributed by atoms with Crippen molar-refractivity contribution < 1.29 is 35.9 Å². The average Bonchev–Trinajstić information content (AvgIpc) is 2.82. The standard InChI is InChI=1S/C21H31N3O8S2/c1-3-32-21(26)17-8-10-22(11-9-17)20(25)16-24(33(2,27)28)18-4-6-19(7-5-18)34(29,30)23-12-14-31-15-13-23/h4-7,17H,3,8-16H2,1-2H3. The van der Waals surface area contributed by atoms with E-state index in [1.165, 1.54) is 33.5 Å². The lowest BCUT2D eigenvalue weighted by atomic mass is 9.97. The third-order valence-corrected chi connectivity index (χ3v) is 8.93. The van der Waals surface area contributed by atoms with Crippen molar-refractivity contribution in [2.75, 3.05) is 63.1 Å². The molecule has 0 bridgehead atoms. The molecule has 1 aromatic rings. The molecule has 190 valence electrons. The Morgan fingerprint density at radius 2 is 1.62 bits per heavy atom. The van der Waals surface area contributed by atoms with Crippen LogP contribution < -0.4 is 4.31 Å². The van der Waals surface area contributed by atoms with Crippen LogP contribution in [-0.2, 0) is 39.1 Å². The second-order valence-electron chi connectivity index (χ2n) is 8.19. The SMILES string of the molecule is CCOC(=O)C1CCN(C(=O)CN(c2ccc(S(=O)(=O)N3CCOCC3)cc2)S(C)(=O)=O)CC1. The maximum Gasteiger partial charge on any atom is 0.309 e. The molecule has 0 saturated carbocycles. The van der Waals surface area contributed by atoms with Crippen molar-refractivity contribution in [1.82, 2.24) is 9.21 Å². The van der Waals surface area contributed by atoms with E-state index in [1.807, 2.05) is 0 Å². The van der Waals surface area contributed by atoms with Crippen LogP contribution in [0.3, 0.4) is 0 Å². The van der Waals surface area contributed by atoms with E-state index >= 15 is 0 Å². The van der Waals surface area contributed by atoms with Gasteiger partial charge in [-0.05, 0) is 44.0 Å². The zero-order valence-electron chi connectivity index (χ0n) is 19.4. The number of anilines is 1. The lowest BCUT2D eigenvalue weighted by Gasteiger charge is -2.32. The van der Waals surface area contributed by atoms with Crippen molar-refractivity contribution in [3.63, 3.8) is 0 Å². The zero-order chi connectivity index (χ0) is 24.9. The number of rotatable bonds is 8. The number of esters is 1. The lowest BCUT2D eigenvalue weighted by Crippen LogP contribution is -2.46. The summed E-state index contributed by atoms with van der Waals surface area (Å²) < 4.78 is 63.0. The van der Waals surface area contributed by atoms with Gasteiger partial charge in [0.2, 0.25) is 26.0 Å². The average molecular weight is 518 g/mol. The van der Waals surface area contributed by atoms with Crippen LogP contribution in [0, 0.1) is 5.92 Å². The van der Waals surface area contributed by atoms with Gasteiger partial charge in [0.05, 0.1) is 42.6 Å². The number of sulfonamides is 2. The van der Waals surface area contributed by atoms with E-state index in [9.17, 15) is 26.4 Å². The number of likely N-dealkylation sites (tertiary alicyclic amines) is 1. The highest BCUT2D eigenvalue weighted by atomic mass is 32.2. The van der Waals surface area contributed by atoms with Crippen LogP contribution in [0.15, 0.2) is 29.2 Å². The van der Waals surface area contributed by atoms with Gasteiger partial charge in [-0.1, -0.05) is 0 Å². The Bertz CT molecular complexity index is 1080. The fourth-order valence-corrected chi connectivity index (χ4v) is 6.23. The van der Waals surface area contributed by atoms with E-state index in [1.54, 1.807) is 6.92 Å². The third kappa shape index (κ3) is 6.26. The Labute approximate surface area is 200 Å². The highest BCUT2D eigenvalue weighted by molar-refractivity contribution is 7.92. The van der Waals surface area contributed by atoms with Gasteiger partial charge in [-0.25, -0.2) is 16.8 Å². The van der Waals surface area contributed by atoms with Gasteiger partial charge < -0.3 is 14.4 Å². The second-order valence-corrected chi connectivity index (χ2v) is 12.0. The molecule has 11 nitrogen and oxygen atoms in total. The number of carbonyl (C=O) groups is 2. The van der Waals surface area contributed by atoms with Crippen molar-refractivity contribution in [3.05, 3.63) is 24.3 Å². The number of ether oxygens (including phenoxy) is 2. The summed E-state index contributed by atoms with van der Waals surface area (Å²) in [5.41, 5.74) is 0.193. The van der Waals surface area contributed by atoms with E-state index in [-0.39, 0.29) is 35.6 Å². The van der Waals surface area contributed by atoms with Crippen LogP contribution in [0.4, 0.5) is 5.69 Å². The van der Waals surface area contributed by atoms with Crippen molar-refractivity contribution in [2.45, 2.75) is 24.7 Å². The van der Waals surface area contributed by atoms with Crippen LogP contribution in [0.5, 0.6) is 0 Å². The Balaban J connectivity index is 1.69. The van der Waals surface area contributed by atoms with E-state index in [0.717, 1.165) is 10.6 Å². The molecule has 2 saturated heterocycles. The quantitative estimate of drug-likeness (QED) is 0.449. The zero-order valence-corrected chi connectivity index (χ0v) is 21.0. The summed E-state index contributed by atoms with van der Waals surface area (Å²) in [6.07, 6.45) is 1.90. The number of amides is 1. The van der Waals surface area contributed by atoms with Crippen molar-refractivity contribution in [3.8, 4) is 0 Å². The maximum absolute atomic E-state index is 12.9. The first-order valence-corrected chi connectivity index (χ1v) is 14.4. The molecule has 2 aliphatic rings. The summed E-state index contributed by atoms with van der Waals surface area (Å²) in [5, 5.41) is 0. The molecular weight excluding hydrogens is 486 g/mol. The molecule has 2 fully saturated rings. The number of nitrogens with zero attached hydrogens (tertiary/aromatic N) is 3. The fraction of sp³-hybridized carbons (Fsp3) is 0.619. The summed E-state index contributed by atoms with van der Waals surface area (Å²) in [5.74, 6) is -0.937. The van der Waals surface area contributed by atoms with Gasteiger partial charge in [0, 0.05) is 26.2 Å². The molecule has 0 aromatic heterocycles. The Kier molecular flexibility index (Phi) is 8.55. The van der Waals surface area contributed by atoms with Crippen LogP contribution in [0.1, 0.15) is 19.8 Å². The normalized spacial score (nSPS) is 18.5. The molecule has 1 amide bonds. The minimum Gasteiger partial charge on any atom is -0.466 e. The first kappa shape index (κ1) is 26.4. The molecule has 0 radical (unpaired) electrons. The molecule has 0 aliphatic carbocycles. The van der Waals surface area contributed by atoms with Crippen LogP contribution in [0.2, 0.25) is 0 Å². The lowest BCUT2D eigenvalue weighted by molar-refractivity contribution is -0.151. The number of piperidine rings is 1. The molecule has 3 rings (SSSR count). The number of carbonyl (C=O) groups excluding carboxylic acids is 2. The van der Waals surface area contributed by atoms with Gasteiger partial charge >= 0.3 is 5.97 Å². The summed E-state index contributed by atoms with van der Waals surface area (Å²) in [7, 11) is -7.54. The third-order valence-electron chi connectivity index (χ3n) is 5.88. The van der Waals surface area contributed by atoms with Gasteiger partial charge in [0.25, 0.3) is 0 Å². The van der Waals surface area contributed by atoms with Gasteiger partial charge in [-0.2, -0.15) is 4.31 Å². The molecule has 0 atom stereocenters. The Morgan fingerprint density at radius 3 is 2.15 bits per heavy atom. The molecule has 0 N–H and O–H groups in total. The number of benzene rings is 1. The highest BCUT2D eigenvalue weighted by Crippen LogP contribution is 2.24. The van der Waals surface area contributed by atoms with Crippen LogP contribution in [0.25, 0.3) is 0 Å². The largest absolute Gasteiger partial charge is 0.466 e. The molecule has 2 heterocycles. The van der Waals surface area contributed by atoms with Gasteiger partial charge in [0.1, 0.15) is 6.54 Å². The van der Waals surface area contributed by atoms with Crippen LogP contribution >= 0.6 is 0 Å². The minimum atomic E-state index is -3.82. The van der Waals surface area contributed by atoms with Crippen molar-refractivity contribution in [1.29, 1.82) is 0 Å². The Hall–Kier alpha value is -2.22. The van der Waals surface area contributed by atoms with E-state index in [2.05, 4.69) is 0 Å². The molecule has 34 heavy (non-hydrogen) atoms. The van der Waals surface area contributed by atoms with E-state index in [4.69, 9.17) is 9.47 Å². The highest BCUT2D eigenvalue weighted by Gasteiger charge is 2.31. The first-order chi connectivity index (χ1) is 16.0. The molecule has 1 aromatic carbocycles. The first-order valence-electron chi connectivity index (χ1n) is 11.1. The van der Waals surface area contributed by atoms with Crippen LogP contribution in [-0.4, -0.2) is 96.7 Å². The van der Waals surface area contributed by atoms with Gasteiger partial charge in [0.15, 0.2) is 0 Å². The minimum absolute atomic E-state index is 0.0407. The predicted molar refractivity (Wildman–Crippen MR) is 124 cm³/mol. The number of hydrogen-bond acceptors (Lipinski definition) is 8. The van der Waals surface area contributed by atoms with Crippen molar-refractivity contribution >= 4 is 37.6 Å². The second kappa shape index (κ2) is 11.0. The number of hydrogen-bond donors (Lipinski definition) is 0.